The first kappa shape index (κ1) is 22.3. The van der Waals surface area contributed by atoms with Crippen molar-refractivity contribution in [2.75, 3.05) is 0 Å². The summed E-state index contributed by atoms with van der Waals surface area (Å²) in [5.74, 6) is 0.274. The third kappa shape index (κ3) is 4.89. The Kier molecular flexibility index (Phi) is 6.72. The van der Waals surface area contributed by atoms with Gasteiger partial charge < -0.3 is 14.6 Å². The number of hydrogen-bond acceptors (Lipinski definition) is 5. The van der Waals surface area contributed by atoms with Crippen LogP contribution >= 0.6 is 11.3 Å². The first-order chi connectivity index (χ1) is 16.7. The summed E-state index contributed by atoms with van der Waals surface area (Å²) in [6.45, 7) is 0.192. The zero-order valence-electron chi connectivity index (χ0n) is 18.9. The Morgan fingerprint density at radius 2 is 1.97 bits per heavy atom. The van der Waals surface area contributed by atoms with Gasteiger partial charge in [0.2, 0.25) is 5.91 Å². The average molecular weight is 474 g/mol. The number of rotatable bonds is 7. The lowest BCUT2D eigenvalue weighted by Gasteiger charge is -2.33. The largest absolute Gasteiger partial charge is 0.467 e. The monoisotopic (exact) mass is 473 g/mol. The molecule has 0 aliphatic heterocycles. The normalized spacial score (nSPS) is 15.2. The number of thiophene rings is 1. The van der Waals surface area contributed by atoms with E-state index < -0.39 is 6.04 Å². The molecule has 1 saturated carbocycles. The Morgan fingerprint density at radius 3 is 2.74 bits per heavy atom. The maximum atomic E-state index is 13.8. The molecule has 0 bridgehead atoms. The third-order valence-electron chi connectivity index (χ3n) is 6.35. The van der Waals surface area contributed by atoms with E-state index in [0.29, 0.717) is 10.6 Å². The Bertz CT molecular complexity index is 1250. The number of nitrogens with zero attached hydrogens (tertiary/aromatic N) is 2. The minimum absolute atomic E-state index is 0.133. The van der Waals surface area contributed by atoms with Crippen molar-refractivity contribution < 1.29 is 14.0 Å². The molecule has 0 radical (unpaired) electrons. The molecule has 1 aliphatic carbocycles. The summed E-state index contributed by atoms with van der Waals surface area (Å²) in [5.41, 5.74) is 1.60. The van der Waals surface area contributed by atoms with Crippen LogP contribution in [0.5, 0.6) is 0 Å². The maximum absolute atomic E-state index is 13.8. The highest BCUT2D eigenvalue weighted by Crippen LogP contribution is 2.30. The van der Waals surface area contributed by atoms with E-state index in [2.05, 4.69) is 10.3 Å². The standard InChI is InChI=1S/C27H27N3O3S/c31-26(29-21-8-2-1-3-9-21)25(20-12-13-23-19(17-20)7-4-14-28-23)30(18-22-10-5-15-33-22)27(32)24-11-6-16-34-24/h4-7,10-17,21,25H,1-3,8-9,18H2,(H,29,31). The molecule has 4 aromatic rings. The molecule has 1 aromatic carbocycles. The SMILES string of the molecule is O=C(NC1CCCCC1)C(c1ccc2ncccc2c1)N(Cc1ccco1)C(=O)c1cccs1. The molecular formula is C27H27N3O3S. The van der Waals surface area contributed by atoms with Crippen LogP contribution in [-0.4, -0.2) is 27.7 Å². The molecule has 174 valence electrons. The fraction of sp³-hybridized carbons (Fsp3) is 0.296. The van der Waals surface area contributed by atoms with Gasteiger partial charge in [0.05, 0.1) is 23.2 Å². The molecular weight excluding hydrogens is 446 g/mol. The minimum atomic E-state index is -0.800. The van der Waals surface area contributed by atoms with E-state index in [9.17, 15) is 9.59 Å². The number of aromatic nitrogens is 1. The number of carbonyl (C=O) groups is 2. The molecule has 1 unspecified atom stereocenters. The highest BCUT2D eigenvalue weighted by Gasteiger charge is 2.34. The molecule has 1 fully saturated rings. The van der Waals surface area contributed by atoms with Gasteiger partial charge in [-0.05, 0) is 60.2 Å². The number of benzene rings is 1. The quantitative estimate of drug-likeness (QED) is 0.372. The smallest absolute Gasteiger partial charge is 0.265 e. The second kappa shape index (κ2) is 10.2. The summed E-state index contributed by atoms with van der Waals surface area (Å²) in [6, 6.07) is 16.2. The van der Waals surface area contributed by atoms with E-state index in [1.54, 1.807) is 29.5 Å². The Labute approximate surface area is 202 Å². The van der Waals surface area contributed by atoms with Crippen molar-refractivity contribution in [3.63, 3.8) is 0 Å². The number of hydrogen-bond donors (Lipinski definition) is 1. The highest BCUT2D eigenvalue weighted by atomic mass is 32.1. The summed E-state index contributed by atoms with van der Waals surface area (Å²) in [6.07, 6.45) is 8.70. The predicted octanol–water partition coefficient (Wildman–Crippen LogP) is 5.72. The maximum Gasteiger partial charge on any atom is 0.265 e. The van der Waals surface area contributed by atoms with Gasteiger partial charge in [-0.2, -0.15) is 0 Å². The van der Waals surface area contributed by atoms with Crippen LogP contribution in [0.4, 0.5) is 0 Å². The molecule has 0 saturated heterocycles. The second-order valence-corrected chi connectivity index (χ2v) is 9.64. The third-order valence-corrected chi connectivity index (χ3v) is 7.21. The van der Waals surface area contributed by atoms with E-state index in [4.69, 9.17) is 4.42 Å². The van der Waals surface area contributed by atoms with Gasteiger partial charge in [-0.1, -0.05) is 37.5 Å². The lowest BCUT2D eigenvalue weighted by molar-refractivity contribution is -0.127. The number of fused-ring (bicyclic) bond motifs is 1. The summed E-state index contributed by atoms with van der Waals surface area (Å²) in [4.78, 5) is 34.2. The first-order valence-electron chi connectivity index (χ1n) is 11.7. The van der Waals surface area contributed by atoms with Crippen molar-refractivity contribution >= 4 is 34.1 Å². The van der Waals surface area contributed by atoms with Crippen LogP contribution in [0.1, 0.15) is 59.1 Å². The summed E-state index contributed by atoms with van der Waals surface area (Å²) in [5, 5.41) is 6.05. The lowest BCUT2D eigenvalue weighted by Crippen LogP contribution is -2.46. The number of carbonyl (C=O) groups excluding carboxylic acids is 2. The van der Waals surface area contributed by atoms with Crippen LogP contribution in [0.2, 0.25) is 0 Å². The van der Waals surface area contributed by atoms with Crippen molar-refractivity contribution in [1.82, 2.24) is 15.2 Å². The molecule has 1 atom stereocenters. The van der Waals surface area contributed by atoms with Crippen LogP contribution < -0.4 is 5.32 Å². The second-order valence-electron chi connectivity index (χ2n) is 8.69. The van der Waals surface area contributed by atoms with E-state index in [1.165, 1.54) is 17.8 Å². The van der Waals surface area contributed by atoms with Crippen molar-refractivity contribution in [1.29, 1.82) is 0 Å². The summed E-state index contributed by atoms with van der Waals surface area (Å²) < 4.78 is 5.59. The predicted molar refractivity (Wildman–Crippen MR) is 132 cm³/mol. The number of nitrogens with one attached hydrogen (secondary N) is 1. The van der Waals surface area contributed by atoms with Gasteiger partial charge in [0, 0.05) is 17.6 Å². The van der Waals surface area contributed by atoms with Gasteiger partial charge in [0.15, 0.2) is 0 Å². The number of furan rings is 1. The van der Waals surface area contributed by atoms with Crippen LogP contribution in [0.25, 0.3) is 10.9 Å². The van der Waals surface area contributed by atoms with Crippen LogP contribution in [0, 0.1) is 0 Å². The molecule has 2 amide bonds. The van der Waals surface area contributed by atoms with Gasteiger partial charge in [-0.3, -0.25) is 14.6 Å². The molecule has 1 aliphatic rings. The minimum Gasteiger partial charge on any atom is -0.467 e. The van der Waals surface area contributed by atoms with Crippen LogP contribution in [0.15, 0.2) is 76.9 Å². The van der Waals surface area contributed by atoms with Crippen LogP contribution in [-0.2, 0) is 11.3 Å². The molecule has 7 heteroatoms. The van der Waals surface area contributed by atoms with Gasteiger partial charge in [-0.25, -0.2) is 0 Å². The van der Waals surface area contributed by atoms with Gasteiger partial charge >= 0.3 is 0 Å². The number of amides is 2. The highest BCUT2D eigenvalue weighted by molar-refractivity contribution is 7.12. The Morgan fingerprint density at radius 1 is 1.09 bits per heavy atom. The zero-order valence-corrected chi connectivity index (χ0v) is 19.7. The molecule has 1 N–H and O–H groups in total. The van der Waals surface area contributed by atoms with Crippen molar-refractivity contribution in [2.24, 2.45) is 0 Å². The van der Waals surface area contributed by atoms with Gasteiger partial charge in [0.1, 0.15) is 11.8 Å². The van der Waals surface area contributed by atoms with Gasteiger partial charge in [-0.15, -0.1) is 11.3 Å². The van der Waals surface area contributed by atoms with E-state index in [0.717, 1.165) is 42.1 Å². The lowest BCUT2D eigenvalue weighted by atomic mass is 9.94. The average Bonchev–Trinajstić information content (AvgIpc) is 3.58. The Hall–Kier alpha value is -3.45. The van der Waals surface area contributed by atoms with Crippen molar-refractivity contribution in [2.45, 2.75) is 50.7 Å². The summed E-state index contributed by atoms with van der Waals surface area (Å²) >= 11 is 1.37. The van der Waals surface area contributed by atoms with Crippen molar-refractivity contribution in [3.8, 4) is 0 Å². The molecule has 3 aromatic heterocycles. The summed E-state index contributed by atoms with van der Waals surface area (Å²) in [7, 11) is 0. The molecule has 5 rings (SSSR count). The Balaban J connectivity index is 1.56. The van der Waals surface area contributed by atoms with Crippen LogP contribution in [0.3, 0.4) is 0 Å². The molecule has 34 heavy (non-hydrogen) atoms. The fourth-order valence-electron chi connectivity index (χ4n) is 4.66. The topological polar surface area (TPSA) is 75.4 Å². The first-order valence-corrected chi connectivity index (χ1v) is 12.6. The molecule has 3 heterocycles. The van der Waals surface area contributed by atoms with Gasteiger partial charge in [0.25, 0.3) is 5.91 Å². The van der Waals surface area contributed by atoms with Crippen molar-refractivity contribution in [3.05, 3.63) is 88.6 Å². The van der Waals surface area contributed by atoms with E-state index in [-0.39, 0.29) is 24.4 Å². The fourth-order valence-corrected chi connectivity index (χ4v) is 5.34. The van der Waals surface area contributed by atoms with E-state index >= 15 is 0 Å². The van der Waals surface area contributed by atoms with E-state index in [1.807, 2.05) is 47.8 Å². The zero-order chi connectivity index (χ0) is 23.3. The molecule has 0 spiro atoms. The molecule has 6 nitrogen and oxygen atoms in total. The number of pyridine rings is 1.